The molecule has 4 N–H and O–H groups in total. The van der Waals surface area contributed by atoms with E-state index in [1.165, 1.54) is 12.1 Å². The molecule has 5 rings (SSSR count). The summed E-state index contributed by atoms with van der Waals surface area (Å²) in [5.41, 5.74) is 5.24. The maximum atomic E-state index is 14.0. The highest BCUT2D eigenvalue weighted by molar-refractivity contribution is 6.09. The number of nitrogens with two attached hydrogens (primary N) is 1. The number of rotatable bonds is 4. The zero-order valence-electron chi connectivity index (χ0n) is 18.4. The topological polar surface area (TPSA) is 104 Å². The van der Waals surface area contributed by atoms with E-state index in [1.54, 1.807) is 6.20 Å². The Morgan fingerprint density at radius 2 is 1.91 bits per heavy atom. The van der Waals surface area contributed by atoms with Crippen LogP contribution in [0, 0.1) is 5.92 Å². The third kappa shape index (κ3) is 4.90. The molecule has 35 heavy (non-hydrogen) atoms. The van der Waals surface area contributed by atoms with Crippen LogP contribution in [0.4, 0.5) is 27.8 Å². The molecule has 13 heteroatoms. The van der Waals surface area contributed by atoms with Crippen molar-refractivity contribution < 1.29 is 22.0 Å². The number of hydrogen-bond acceptors (Lipinski definition) is 6. The molecule has 2 atom stereocenters. The molecule has 1 aliphatic carbocycles. The van der Waals surface area contributed by atoms with E-state index < -0.39 is 35.9 Å². The van der Waals surface area contributed by atoms with E-state index in [0.717, 1.165) is 11.9 Å². The number of nitrogens with one attached hydrogen (secondary N) is 2. The molecule has 2 unspecified atom stereocenters. The predicted octanol–water partition coefficient (Wildman–Crippen LogP) is 2.73. The van der Waals surface area contributed by atoms with Crippen molar-refractivity contribution >= 4 is 17.6 Å². The minimum atomic E-state index is -4.66. The van der Waals surface area contributed by atoms with Crippen molar-refractivity contribution in [3.63, 3.8) is 0 Å². The number of pyridine rings is 2. The van der Waals surface area contributed by atoms with Crippen LogP contribution in [0.25, 0.3) is 0 Å². The number of anilines is 1. The highest BCUT2D eigenvalue weighted by atomic mass is 19.4. The lowest BCUT2D eigenvalue weighted by molar-refractivity contribution is -0.141. The number of alkyl halides is 5. The second kappa shape index (κ2) is 8.40. The van der Waals surface area contributed by atoms with Gasteiger partial charge < -0.3 is 15.5 Å². The summed E-state index contributed by atoms with van der Waals surface area (Å²) in [6, 6.07) is 8.77. The first-order valence-electron chi connectivity index (χ1n) is 11.1. The van der Waals surface area contributed by atoms with E-state index in [9.17, 15) is 22.0 Å². The summed E-state index contributed by atoms with van der Waals surface area (Å²) in [5, 5.41) is 5.78. The zero-order chi connectivity index (χ0) is 24.8. The largest absolute Gasteiger partial charge is 0.433 e. The van der Waals surface area contributed by atoms with Gasteiger partial charge in [-0.3, -0.25) is 5.73 Å². The maximum absolute atomic E-state index is 14.0. The number of guanidine groups is 1. The number of amidine groups is 1. The quantitative estimate of drug-likeness (QED) is 0.565. The molecular formula is C22H23F5N8. The van der Waals surface area contributed by atoms with Crippen LogP contribution in [0.5, 0.6) is 0 Å². The van der Waals surface area contributed by atoms with Crippen LogP contribution in [0.1, 0.15) is 30.7 Å². The maximum Gasteiger partial charge on any atom is 0.433 e. The third-order valence-corrected chi connectivity index (χ3v) is 6.31. The molecule has 2 aromatic rings. The molecule has 186 valence electrons. The van der Waals surface area contributed by atoms with E-state index >= 15 is 0 Å². The average Bonchev–Trinajstić information content (AvgIpc) is 3.16. The molecular weight excluding hydrogens is 471 g/mol. The van der Waals surface area contributed by atoms with Crippen LogP contribution in [0.2, 0.25) is 0 Å². The first-order chi connectivity index (χ1) is 16.5. The highest BCUT2D eigenvalue weighted by Gasteiger charge is 2.50. The van der Waals surface area contributed by atoms with Gasteiger partial charge in [-0.05, 0) is 30.7 Å². The summed E-state index contributed by atoms with van der Waals surface area (Å²) >= 11 is 0. The fraction of sp³-hybridized carbons (Fsp3) is 0.455. The highest BCUT2D eigenvalue weighted by Crippen LogP contribution is 2.43. The van der Waals surface area contributed by atoms with Crippen LogP contribution in [0.3, 0.4) is 0 Å². The Bertz CT molecular complexity index is 1150. The van der Waals surface area contributed by atoms with Crippen LogP contribution in [0.15, 0.2) is 52.6 Å². The fourth-order valence-corrected chi connectivity index (χ4v) is 4.45. The molecule has 8 nitrogen and oxygen atoms in total. The minimum Gasteiger partial charge on any atom is -0.352 e. The Morgan fingerprint density at radius 3 is 2.57 bits per heavy atom. The van der Waals surface area contributed by atoms with Gasteiger partial charge in [-0.1, -0.05) is 12.1 Å². The van der Waals surface area contributed by atoms with Crippen molar-refractivity contribution in [3.05, 3.63) is 54.0 Å². The van der Waals surface area contributed by atoms with Gasteiger partial charge in [-0.25, -0.2) is 28.7 Å². The molecule has 2 aliphatic heterocycles. The lowest BCUT2D eigenvalue weighted by atomic mass is 9.98. The SMILES string of the molecule is NC1(C2CCC(F)(F)C2)N=C(c2cccc(C(F)(F)F)n2)NC(=NC2CN(c3ccccn3)C2)N1. The Labute approximate surface area is 197 Å². The van der Waals surface area contributed by atoms with Crippen LogP contribution >= 0.6 is 0 Å². The Balaban J connectivity index is 1.42. The van der Waals surface area contributed by atoms with Gasteiger partial charge in [0.2, 0.25) is 5.92 Å². The number of aromatic nitrogens is 2. The van der Waals surface area contributed by atoms with Gasteiger partial charge in [0.1, 0.15) is 17.2 Å². The van der Waals surface area contributed by atoms with E-state index in [-0.39, 0.29) is 36.4 Å². The van der Waals surface area contributed by atoms with Crippen molar-refractivity contribution in [1.82, 2.24) is 20.6 Å². The van der Waals surface area contributed by atoms with E-state index in [1.807, 2.05) is 23.1 Å². The normalized spacial score (nSPS) is 27.7. The molecule has 0 aromatic carbocycles. The van der Waals surface area contributed by atoms with Gasteiger partial charge in [0.25, 0.3) is 0 Å². The molecule has 2 fully saturated rings. The molecule has 0 amide bonds. The summed E-state index contributed by atoms with van der Waals surface area (Å²) in [5.74, 6) is -4.44. The summed E-state index contributed by atoms with van der Waals surface area (Å²) in [4.78, 5) is 18.9. The number of aliphatic imine (C=N–C) groups is 2. The van der Waals surface area contributed by atoms with Crippen molar-refractivity contribution in [1.29, 1.82) is 0 Å². The number of nitrogens with zero attached hydrogens (tertiary/aromatic N) is 5. The summed E-state index contributed by atoms with van der Waals surface area (Å²) in [6.07, 6.45) is -3.70. The van der Waals surface area contributed by atoms with E-state index in [0.29, 0.717) is 13.1 Å². The lowest BCUT2D eigenvalue weighted by Crippen LogP contribution is -2.67. The molecule has 0 spiro atoms. The fourth-order valence-electron chi connectivity index (χ4n) is 4.45. The smallest absolute Gasteiger partial charge is 0.352 e. The van der Waals surface area contributed by atoms with E-state index in [2.05, 4.69) is 30.6 Å². The second-order valence-corrected chi connectivity index (χ2v) is 8.96. The molecule has 3 aliphatic rings. The molecule has 1 saturated carbocycles. The van der Waals surface area contributed by atoms with E-state index in [4.69, 9.17) is 5.73 Å². The van der Waals surface area contributed by atoms with Gasteiger partial charge in [0, 0.05) is 38.0 Å². The van der Waals surface area contributed by atoms with Gasteiger partial charge in [-0.2, -0.15) is 13.2 Å². The predicted molar refractivity (Wildman–Crippen MR) is 119 cm³/mol. The van der Waals surface area contributed by atoms with Crippen molar-refractivity contribution in [2.45, 2.75) is 43.2 Å². The Morgan fingerprint density at radius 1 is 1.11 bits per heavy atom. The van der Waals surface area contributed by atoms with Crippen molar-refractivity contribution in [2.75, 3.05) is 18.0 Å². The molecule has 0 bridgehead atoms. The van der Waals surface area contributed by atoms with Gasteiger partial charge >= 0.3 is 6.18 Å². The monoisotopic (exact) mass is 494 g/mol. The Kier molecular flexibility index (Phi) is 5.61. The lowest BCUT2D eigenvalue weighted by Gasteiger charge is -2.41. The van der Waals surface area contributed by atoms with Crippen molar-refractivity contribution in [2.24, 2.45) is 21.6 Å². The summed E-state index contributed by atoms with van der Waals surface area (Å²) in [6.45, 7) is 1.11. The summed E-state index contributed by atoms with van der Waals surface area (Å²) in [7, 11) is 0. The molecule has 0 radical (unpaired) electrons. The minimum absolute atomic E-state index is 0.0628. The van der Waals surface area contributed by atoms with Gasteiger partial charge in [0.15, 0.2) is 17.6 Å². The van der Waals surface area contributed by atoms with Crippen LogP contribution < -0.4 is 21.3 Å². The first-order valence-corrected chi connectivity index (χ1v) is 11.1. The standard InChI is InChI=1S/C22H23F5N8/c23-20(24)8-7-13(10-20)22(28)33-18(15-4-3-5-16(31-15)21(25,26)27)32-19(34-22)30-14-11-35(12-14)17-6-1-2-9-29-17/h1-6,9,13-14H,7-8,10-12,28H2,(H2,30,32,33,34). The van der Waals surface area contributed by atoms with Crippen LogP contribution in [-0.2, 0) is 6.18 Å². The third-order valence-electron chi connectivity index (χ3n) is 6.31. The second-order valence-electron chi connectivity index (χ2n) is 8.96. The van der Waals surface area contributed by atoms with Crippen LogP contribution in [-0.4, -0.2) is 52.6 Å². The average molecular weight is 494 g/mol. The Hall–Kier alpha value is -3.35. The number of halogens is 5. The zero-order valence-corrected chi connectivity index (χ0v) is 18.4. The van der Waals surface area contributed by atoms with Crippen molar-refractivity contribution in [3.8, 4) is 0 Å². The molecule has 1 saturated heterocycles. The van der Waals surface area contributed by atoms with Gasteiger partial charge in [-0.15, -0.1) is 0 Å². The first kappa shape index (κ1) is 23.4. The molecule has 2 aromatic heterocycles. The van der Waals surface area contributed by atoms with Gasteiger partial charge in [0.05, 0.1) is 6.04 Å². The summed E-state index contributed by atoms with van der Waals surface area (Å²) < 4.78 is 67.6. The molecule has 4 heterocycles. The number of hydrogen-bond donors (Lipinski definition) is 3.